The van der Waals surface area contributed by atoms with E-state index in [0.717, 1.165) is 26.1 Å². The van der Waals surface area contributed by atoms with Crippen LogP contribution in [0.3, 0.4) is 0 Å². The van der Waals surface area contributed by atoms with Crippen LogP contribution in [0, 0.1) is 5.41 Å². The maximum Gasteiger partial charge on any atom is 0.204 e. The molecule has 0 saturated heterocycles. The van der Waals surface area contributed by atoms with Gasteiger partial charge in [0.1, 0.15) is 6.33 Å². The molecule has 0 spiro atoms. The number of nitrogens with zero attached hydrogens (tertiary/aromatic N) is 2. The number of methoxy groups -OCH3 is 2. The summed E-state index contributed by atoms with van der Waals surface area (Å²) in [7, 11) is 3.35. The highest BCUT2D eigenvalue weighted by Gasteiger charge is 2.19. The lowest BCUT2D eigenvalue weighted by atomic mass is 9.90. The van der Waals surface area contributed by atoms with Crippen LogP contribution < -0.4 is 15.4 Å². The van der Waals surface area contributed by atoms with E-state index < -0.39 is 0 Å². The summed E-state index contributed by atoms with van der Waals surface area (Å²) in [5, 5.41) is 6.50. The summed E-state index contributed by atoms with van der Waals surface area (Å²) in [4.78, 5) is 8.44. The summed E-state index contributed by atoms with van der Waals surface area (Å²) in [5.74, 6) is 2.07. The van der Waals surface area contributed by atoms with Crippen molar-refractivity contribution in [3.63, 3.8) is 0 Å². The Hall–Kier alpha value is -1.56. The second-order valence-corrected chi connectivity index (χ2v) is 5.40. The van der Waals surface area contributed by atoms with Gasteiger partial charge in [-0.05, 0) is 18.8 Å². The molecule has 1 aromatic heterocycles. The van der Waals surface area contributed by atoms with Gasteiger partial charge in [0.25, 0.3) is 0 Å². The molecule has 6 heteroatoms. The van der Waals surface area contributed by atoms with Gasteiger partial charge in [-0.2, -0.15) is 0 Å². The molecule has 6 nitrogen and oxygen atoms in total. The molecule has 20 heavy (non-hydrogen) atoms. The normalized spacial score (nSPS) is 11.2. The fraction of sp³-hybridized carbons (Fsp3) is 0.714. The Bertz CT molecular complexity index is 410. The van der Waals surface area contributed by atoms with Crippen molar-refractivity contribution >= 4 is 11.6 Å². The third kappa shape index (κ3) is 4.85. The van der Waals surface area contributed by atoms with E-state index in [-0.39, 0.29) is 5.41 Å². The number of hydrogen-bond acceptors (Lipinski definition) is 6. The van der Waals surface area contributed by atoms with Crippen LogP contribution >= 0.6 is 0 Å². The van der Waals surface area contributed by atoms with Crippen molar-refractivity contribution < 1.29 is 9.47 Å². The van der Waals surface area contributed by atoms with Crippen LogP contribution in [0.15, 0.2) is 6.33 Å². The highest BCUT2D eigenvalue weighted by Crippen LogP contribution is 2.30. The van der Waals surface area contributed by atoms with E-state index in [4.69, 9.17) is 9.47 Å². The summed E-state index contributed by atoms with van der Waals surface area (Å²) in [6, 6.07) is 0. The Morgan fingerprint density at radius 1 is 1.15 bits per heavy atom. The first-order valence-electron chi connectivity index (χ1n) is 6.89. The summed E-state index contributed by atoms with van der Waals surface area (Å²) in [6.45, 7) is 8.72. The summed E-state index contributed by atoms with van der Waals surface area (Å²) >= 11 is 0. The van der Waals surface area contributed by atoms with E-state index in [0.29, 0.717) is 17.4 Å². The number of rotatable bonds is 9. The highest BCUT2D eigenvalue weighted by atomic mass is 16.5. The number of nitrogens with one attached hydrogen (secondary N) is 2. The topological polar surface area (TPSA) is 68.3 Å². The molecule has 0 aliphatic heterocycles. The van der Waals surface area contributed by atoms with Gasteiger partial charge < -0.3 is 20.1 Å². The number of aromatic nitrogens is 2. The van der Waals surface area contributed by atoms with Gasteiger partial charge >= 0.3 is 0 Å². The maximum absolute atomic E-state index is 5.40. The molecule has 1 rings (SSSR count). The van der Waals surface area contributed by atoms with Gasteiger partial charge in [0, 0.05) is 26.8 Å². The molecule has 0 atom stereocenters. The van der Waals surface area contributed by atoms with Gasteiger partial charge in [-0.1, -0.05) is 13.8 Å². The first kappa shape index (κ1) is 16.5. The van der Waals surface area contributed by atoms with Crippen LogP contribution in [0.4, 0.5) is 11.6 Å². The van der Waals surface area contributed by atoms with Gasteiger partial charge in [-0.3, -0.25) is 0 Å². The van der Waals surface area contributed by atoms with Gasteiger partial charge in [0.2, 0.25) is 5.75 Å². The molecule has 0 aliphatic carbocycles. The van der Waals surface area contributed by atoms with Gasteiger partial charge in [-0.25, -0.2) is 9.97 Å². The first-order valence-corrected chi connectivity index (χ1v) is 6.89. The fourth-order valence-corrected chi connectivity index (χ4v) is 1.78. The average molecular weight is 282 g/mol. The van der Waals surface area contributed by atoms with Crippen LogP contribution in [0.1, 0.15) is 27.2 Å². The zero-order valence-electron chi connectivity index (χ0n) is 13.1. The third-order valence-corrected chi connectivity index (χ3v) is 3.07. The Labute approximate surface area is 121 Å². The second kappa shape index (κ2) is 7.89. The molecule has 1 aromatic rings. The summed E-state index contributed by atoms with van der Waals surface area (Å²) < 4.78 is 10.5. The predicted molar refractivity (Wildman–Crippen MR) is 81.5 cm³/mol. The third-order valence-electron chi connectivity index (χ3n) is 3.07. The number of ether oxygens (including phenoxy) is 2. The minimum absolute atomic E-state index is 0.115. The van der Waals surface area contributed by atoms with E-state index in [2.05, 4.69) is 34.4 Å². The maximum atomic E-state index is 5.40. The molecule has 114 valence electrons. The molecule has 0 saturated carbocycles. The monoisotopic (exact) mass is 282 g/mol. The van der Waals surface area contributed by atoms with Gasteiger partial charge in [0.15, 0.2) is 11.6 Å². The molecule has 0 radical (unpaired) electrons. The van der Waals surface area contributed by atoms with E-state index in [1.807, 2.05) is 6.92 Å². The van der Waals surface area contributed by atoms with E-state index in [9.17, 15) is 0 Å². The molecule has 2 N–H and O–H groups in total. The molecular weight excluding hydrogens is 256 g/mol. The Kier molecular flexibility index (Phi) is 6.51. The number of anilines is 2. The minimum atomic E-state index is 0.115. The lowest BCUT2D eigenvalue weighted by Gasteiger charge is -2.25. The van der Waals surface area contributed by atoms with Gasteiger partial charge in [-0.15, -0.1) is 0 Å². The van der Waals surface area contributed by atoms with E-state index in [1.54, 1.807) is 14.2 Å². The molecule has 0 aliphatic rings. The smallest absolute Gasteiger partial charge is 0.204 e. The predicted octanol–water partition coefficient (Wildman–Crippen LogP) is 2.39. The molecule has 1 heterocycles. The molecule has 0 amide bonds. The first-order chi connectivity index (χ1) is 9.54. The molecule has 0 unspecified atom stereocenters. The fourth-order valence-electron chi connectivity index (χ4n) is 1.78. The second-order valence-electron chi connectivity index (χ2n) is 5.40. The zero-order chi connectivity index (χ0) is 15.0. The molecule has 0 bridgehead atoms. The molecular formula is C14H26N4O2. The van der Waals surface area contributed by atoms with Crippen molar-refractivity contribution in [1.82, 2.24) is 9.97 Å². The standard InChI is InChI=1S/C14H26N4O2/c1-6-15-12-11(20-5)13(18-10-17-12)16-9-14(2,3)7-8-19-4/h10H,6-9H2,1-5H3,(H2,15,16,17,18). The van der Waals surface area contributed by atoms with Crippen molar-refractivity contribution in [2.75, 3.05) is 44.5 Å². The van der Waals surface area contributed by atoms with E-state index >= 15 is 0 Å². The minimum Gasteiger partial charge on any atom is -0.490 e. The Morgan fingerprint density at radius 2 is 1.80 bits per heavy atom. The number of hydrogen-bond donors (Lipinski definition) is 2. The zero-order valence-corrected chi connectivity index (χ0v) is 13.1. The van der Waals surface area contributed by atoms with Crippen molar-refractivity contribution in [3.05, 3.63) is 6.33 Å². The van der Waals surface area contributed by atoms with E-state index in [1.165, 1.54) is 6.33 Å². The quantitative estimate of drug-likeness (QED) is 0.725. The lowest BCUT2D eigenvalue weighted by molar-refractivity contribution is 0.157. The lowest BCUT2D eigenvalue weighted by Crippen LogP contribution is -2.25. The highest BCUT2D eigenvalue weighted by molar-refractivity contribution is 5.63. The largest absolute Gasteiger partial charge is 0.490 e. The Balaban J connectivity index is 2.74. The molecule has 0 fully saturated rings. The SMILES string of the molecule is CCNc1ncnc(NCC(C)(C)CCOC)c1OC. The van der Waals surface area contributed by atoms with Crippen LogP contribution in [0.5, 0.6) is 5.75 Å². The van der Waals surface area contributed by atoms with Crippen LogP contribution in [0.25, 0.3) is 0 Å². The van der Waals surface area contributed by atoms with Crippen LogP contribution in [0.2, 0.25) is 0 Å². The molecule has 0 aromatic carbocycles. The van der Waals surface area contributed by atoms with Crippen molar-refractivity contribution in [1.29, 1.82) is 0 Å². The van der Waals surface area contributed by atoms with Crippen LogP contribution in [-0.4, -0.2) is 43.9 Å². The van der Waals surface area contributed by atoms with Crippen molar-refractivity contribution in [3.8, 4) is 5.75 Å². The van der Waals surface area contributed by atoms with Crippen molar-refractivity contribution in [2.24, 2.45) is 5.41 Å². The Morgan fingerprint density at radius 3 is 2.35 bits per heavy atom. The van der Waals surface area contributed by atoms with Crippen molar-refractivity contribution in [2.45, 2.75) is 27.2 Å². The summed E-state index contributed by atoms with van der Waals surface area (Å²) in [5.41, 5.74) is 0.115. The summed E-state index contributed by atoms with van der Waals surface area (Å²) in [6.07, 6.45) is 2.51. The van der Waals surface area contributed by atoms with Crippen LogP contribution in [-0.2, 0) is 4.74 Å². The average Bonchev–Trinajstić information content (AvgIpc) is 2.43. The van der Waals surface area contributed by atoms with Gasteiger partial charge in [0.05, 0.1) is 7.11 Å².